The predicted molar refractivity (Wildman–Crippen MR) is 84.8 cm³/mol. The molecule has 0 aliphatic heterocycles. The molecule has 5 rings (SSSR count). The second kappa shape index (κ2) is 5.12. The zero-order valence-corrected chi connectivity index (χ0v) is 13.4. The first-order chi connectivity index (χ1) is 10.2. The fourth-order valence-corrected chi connectivity index (χ4v) is 6.04. The molecule has 3 nitrogen and oxygen atoms in total. The number of aromatic amines is 1. The number of hydrogen-bond donors (Lipinski definition) is 2. The van der Waals surface area contributed by atoms with Crippen molar-refractivity contribution in [3.63, 3.8) is 0 Å². The van der Waals surface area contributed by atoms with E-state index in [0.29, 0.717) is 17.5 Å². The van der Waals surface area contributed by atoms with Crippen LogP contribution in [-0.4, -0.2) is 16.0 Å². The quantitative estimate of drug-likeness (QED) is 0.857. The topological polar surface area (TPSA) is 40.7 Å². The van der Waals surface area contributed by atoms with E-state index in [4.69, 9.17) is 0 Å². The molecule has 3 heteroatoms. The minimum Gasteiger partial charge on any atom is -0.347 e. The number of nitrogens with one attached hydrogen (secondary N) is 2. The van der Waals surface area contributed by atoms with Crippen LogP contribution in [0.1, 0.15) is 70.7 Å². The van der Waals surface area contributed by atoms with Crippen molar-refractivity contribution in [3.8, 4) is 0 Å². The molecule has 4 bridgehead atoms. The van der Waals surface area contributed by atoms with Gasteiger partial charge in [0.05, 0.1) is 6.04 Å². The lowest BCUT2D eigenvalue weighted by molar-refractivity contribution is -0.0724. The Morgan fingerprint density at radius 2 is 1.86 bits per heavy atom. The van der Waals surface area contributed by atoms with Crippen molar-refractivity contribution in [2.75, 3.05) is 0 Å². The summed E-state index contributed by atoms with van der Waals surface area (Å²) < 4.78 is 0. The van der Waals surface area contributed by atoms with Crippen LogP contribution in [0.15, 0.2) is 12.4 Å². The lowest BCUT2D eigenvalue weighted by atomic mass is 9.48. The Balaban J connectivity index is 1.50. The molecule has 1 aromatic rings. The van der Waals surface area contributed by atoms with Crippen molar-refractivity contribution < 1.29 is 0 Å². The highest BCUT2D eigenvalue weighted by Crippen LogP contribution is 2.61. The number of hydrogen-bond acceptors (Lipinski definition) is 2. The van der Waals surface area contributed by atoms with E-state index in [1.165, 1.54) is 38.5 Å². The van der Waals surface area contributed by atoms with Crippen LogP contribution in [0.3, 0.4) is 0 Å². The van der Waals surface area contributed by atoms with Gasteiger partial charge in [0.1, 0.15) is 5.82 Å². The molecule has 0 radical (unpaired) electrons. The summed E-state index contributed by atoms with van der Waals surface area (Å²) in [6.07, 6.45) is 13.9. The van der Waals surface area contributed by atoms with Gasteiger partial charge in [-0.05, 0) is 75.0 Å². The normalized spacial score (nSPS) is 40.4. The fourth-order valence-electron chi connectivity index (χ4n) is 6.04. The Hall–Kier alpha value is -0.830. The van der Waals surface area contributed by atoms with Crippen LogP contribution in [0.25, 0.3) is 0 Å². The van der Waals surface area contributed by atoms with E-state index in [2.05, 4.69) is 29.1 Å². The summed E-state index contributed by atoms with van der Waals surface area (Å²) in [4.78, 5) is 7.76. The SMILES string of the molecule is CCC(NC(C)C12CC3CC(CC(C3)C1)C2)c1ncc[nH]1. The highest BCUT2D eigenvalue weighted by atomic mass is 15.0. The van der Waals surface area contributed by atoms with Crippen molar-refractivity contribution in [2.45, 2.75) is 70.9 Å². The molecule has 4 saturated carbocycles. The number of nitrogens with zero attached hydrogens (tertiary/aromatic N) is 1. The van der Waals surface area contributed by atoms with Crippen molar-refractivity contribution in [3.05, 3.63) is 18.2 Å². The average molecular weight is 287 g/mol. The number of imidazole rings is 1. The number of H-pyrrole nitrogens is 1. The van der Waals surface area contributed by atoms with Gasteiger partial charge in [-0.3, -0.25) is 0 Å². The Labute approximate surface area is 128 Å². The van der Waals surface area contributed by atoms with Gasteiger partial charge in [0.2, 0.25) is 0 Å². The Morgan fingerprint density at radius 1 is 1.24 bits per heavy atom. The number of rotatable bonds is 5. The zero-order valence-electron chi connectivity index (χ0n) is 13.4. The maximum absolute atomic E-state index is 4.47. The third-order valence-electron chi connectivity index (χ3n) is 6.71. The van der Waals surface area contributed by atoms with Crippen LogP contribution in [0.4, 0.5) is 0 Å². The second-order valence-electron chi connectivity index (χ2n) is 8.10. The lowest BCUT2D eigenvalue weighted by Gasteiger charge is -2.59. The molecule has 0 amide bonds. The molecule has 0 saturated heterocycles. The molecular weight excluding hydrogens is 258 g/mol. The van der Waals surface area contributed by atoms with E-state index >= 15 is 0 Å². The van der Waals surface area contributed by atoms with Crippen molar-refractivity contribution >= 4 is 0 Å². The van der Waals surface area contributed by atoms with Gasteiger partial charge in [0.15, 0.2) is 0 Å². The minimum atomic E-state index is 0.378. The van der Waals surface area contributed by atoms with Gasteiger partial charge in [0, 0.05) is 18.4 Å². The summed E-state index contributed by atoms with van der Waals surface area (Å²) in [7, 11) is 0. The maximum Gasteiger partial charge on any atom is 0.123 e. The molecule has 2 N–H and O–H groups in total. The van der Waals surface area contributed by atoms with Crippen molar-refractivity contribution in [1.82, 2.24) is 15.3 Å². The summed E-state index contributed by atoms with van der Waals surface area (Å²) in [6.45, 7) is 4.70. The van der Waals surface area contributed by atoms with Crippen LogP contribution < -0.4 is 5.32 Å². The highest BCUT2D eigenvalue weighted by Gasteiger charge is 2.53. The fraction of sp³-hybridized carbons (Fsp3) is 0.833. The van der Waals surface area contributed by atoms with Crippen LogP contribution in [-0.2, 0) is 0 Å². The first kappa shape index (κ1) is 13.8. The molecule has 1 aromatic heterocycles. The molecule has 116 valence electrons. The van der Waals surface area contributed by atoms with Gasteiger partial charge in [-0.2, -0.15) is 0 Å². The summed E-state index contributed by atoms with van der Waals surface area (Å²) in [5.41, 5.74) is 0.578. The van der Waals surface area contributed by atoms with Gasteiger partial charge >= 0.3 is 0 Å². The summed E-state index contributed by atoms with van der Waals surface area (Å²) in [6, 6.07) is 0.990. The van der Waals surface area contributed by atoms with E-state index in [1.807, 2.05) is 12.4 Å². The van der Waals surface area contributed by atoms with Crippen LogP contribution >= 0.6 is 0 Å². The molecular formula is C18H29N3. The summed E-state index contributed by atoms with van der Waals surface area (Å²) >= 11 is 0. The molecule has 1 heterocycles. The van der Waals surface area contributed by atoms with Crippen LogP contribution in [0, 0.1) is 23.2 Å². The Bertz CT molecular complexity index is 443. The predicted octanol–water partition coefficient (Wildman–Crippen LogP) is 4.06. The monoisotopic (exact) mass is 287 g/mol. The van der Waals surface area contributed by atoms with E-state index in [1.54, 1.807) is 0 Å². The Kier molecular flexibility index (Phi) is 3.36. The maximum atomic E-state index is 4.47. The molecule has 2 unspecified atom stereocenters. The second-order valence-corrected chi connectivity index (χ2v) is 8.10. The average Bonchev–Trinajstić information content (AvgIpc) is 2.97. The number of aromatic nitrogens is 2. The van der Waals surface area contributed by atoms with Gasteiger partial charge in [-0.15, -0.1) is 0 Å². The third kappa shape index (κ3) is 2.34. The standard InChI is InChI=1S/C18H29N3/c1-3-16(17-19-4-5-20-17)21-12(2)18-9-13-6-14(10-18)8-15(7-13)11-18/h4-5,12-16,21H,3,6-11H2,1-2H3,(H,19,20). The molecule has 21 heavy (non-hydrogen) atoms. The van der Waals surface area contributed by atoms with Crippen molar-refractivity contribution in [1.29, 1.82) is 0 Å². The molecule has 4 aliphatic rings. The minimum absolute atomic E-state index is 0.378. The molecule has 2 atom stereocenters. The Morgan fingerprint density at radius 3 is 2.33 bits per heavy atom. The lowest BCUT2D eigenvalue weighted by Crippen LogP contribution is -2.55. The third-order valence-corrected chi connectivity index (χ3v) is 6.71. The molecule has 0 aromatic carbocycles. The summed E-state index contributed by atoms with van der Waals surface area (Å²) in [5, 5.41) is 3.93. The van der Waals surface area contributed by atoms with Gasteiger partial charge in [-0.1, -0.05) is 6.92 Å². The van der Waals surface area contributed by atoms with Gasteiger partial charge in [0.25, 0.3) is 0 Å². The van der Waals surface area contributed by atoms with E-state index in [-0.39, 0.29) is 0 Å². The van der Waals surface area contributed by atoms with E-state index in [9.17, 15) is 0 Å². The van der Waals surface area contributed by atoms with Crippen molar-refractivity contribution in [2.24, 2.45) is 23.2 Å². The highest BCUT2D eigenvalue weighted by molar-refractivity contribution is 5.06. The first-order valence-corrected chi connectivity index (χ1v) is 8.94. The van der Waals surface area contributed by atoms with E-state index in [0.717, 1.165) is 30.0 Å². The molecule has 4 fully saturated rings. The smallest absolute Gasteiger partial charge is 0.123 e. The van der Waals surface area contributed by atoms with Crippen LogP contribution in [0.2, 0.25) is 0 Å². The van der Waals surface area contributed by atoms with Gasteiger partial charge < -0.3 is 10.3 Å². The van der Waals surface area contributed by atoms with Crippen LogP contribution in [0.5, 0.6) is 0 Å². The van der Waals surface area contributed by atoms with E-state index < -0.39 is 0 Å². The largest absolute Gasteiger partial charge is 0.347 e. The van der Waals surface area contributed by atoms with Gasteiger partial charge in [-0.25, -0.2) is 4.98 Å². The summed E-state index contributed by atoms with van der Waals surface area (Å²) in [5.74, 6) is 4.20. The first-order valence-electron chi connectivity index (χ1n) is 8.94. The molecule has 0 spiro atoms. The zero-order chi connectivity index (χ0) is 14.4. The molecule has 4 aliphatic carbocycles.